The summed E-state index contributed by atoms with van der Waals surface area (Å²) in [5.74, 6) is 2.95. The summed E-state index contributed by atoms with van der Waals surface area (Å²) in [6.45, 7) is 9.11. The first-order valence-corrected chi connectivity index (χ1v) is 36.1. The van der Waals surface area contributed by atoms with Gasteiger partial charge in [0.1, 0.15) is 32.7 Å². The maximum atomic E-state index is 12.2. The zero-order chi connectivity index (χ0) is 72.5. The van der Waals surface area contributed by atoms with E-state index in [9.17, 15) is 21.6 Å². The largest absolute Gasteiger partial charge is 0.690 e. The van der Waals surface area contributed by atoms with Crippen LogP contribution >= 0.6 is 34.8 Å². The molecule has 0 atom stereocenters. The van der Waals surface area contributed by atoms with Crippen LogP contribution in [0.1, 0.15) is 75.0 Å². The number of ether oxygens (including phenoxy) is 3. The number of rotatable bonds is 20. The van der Waals surface area contributed by atoms with E-state index in [-0.39, 0.29) is 38.7 Å². The summed E-state index contributed by atoms with van der Waals surface area (Å²) >= 11 is 18.2. The average molecular weight is 1410 g/mol. The molecule has 8 aromatic rings. The van der Waals surface area contributed by atoms with E-state index in [4.69, 9.17) is 117 Å². The quantitative estimate of drug-likeness (QED) is 0.0328. The number of carbonyl (C=O) groups excluding carboxylic acids is 1. The Morgan fingerprint density at radius 2 is 1.19 bits per heavy atom. The van der Waals surface area contributed by atoms with Crippen LogP contribution in [0.5, 0.6) is 11.5 Å². The van der Waals surface area contributed by atoms with Crippen LogP contribution in [0.25, 0.3) is 22.1 Å². The predicted octanol–water partition coefficient (Wildman–Crippen LogP) is 5.10. The first-order chi connectivity index (χ1) is 46.8. The van der Waals surface area contributed by atoms with Crippen molar-refractivity contribution in [1.82, 2.24) is 50.1 Å². The number of sulfonamides is 1. The van der Waals surface area contributed by atoms with Gasteiger partial charge in [-0.3, -0.25) is 31.7 Å². The van der Waals surface area contributed by atoms with Crippen LogP contribution < -0.4 is 41.2 Å². The molecular weight excluding hydrogens is 1340 g/mol. The maximum Gasteiger partial charge on any atom is 0.410 e. The minimum absolute atomic E-state index is 0.0000954. The Morgan fingerprint density at radius 1 is 0.677 bits per heavy atom. The van der Waals surface area contributed by atoms with Crippen molar-refractivity contribution in [2.75, 3.05) is 79.3 Å². The van der Waals surface area contributed by atoms with Crippen LogP contribution in [0.4, 0.5) is 50.8 Å². The molecule has 0 saturated carbocycles. The molecule has 2 saturated heterocycles. The Hall–Kier alpha value is -6.71. The van der Waals surface area contributed by atoms with Crippen LogP contribution in [0, 0.1) is 0 Å². The minimum Gasteiger partial charge on any atom is -0.690 e. The van der Waals surface area contributed by atoms with E-state index in [1.807, 2.05) is 45.0 Å². The zero-order valence-electron chi connectivity index (χ0n) is 55.7. The minimum atomic E-state index is -3.55. The van der Waals surface area contributed by atoms with Gasteiger partial charge in [-0.15, -0.1) is 0 Å². The monoisotopic (exact) mass is 1410 g/mol. The highest BCUT2D eigenvalue weighted by Crippen LogP contribution is 2.38. The second-order valence-corrected chi connectivity index (χ2v) is 29.4. The van der Waals surface area contributed by atoms with Crippen LogP contribution in [0.3, 0.4) is 0 Å². The van der Waals surface area contributed by atoms with Crippen molar-refractivity contribution >= 4 is 236 Å². The van der Waals surface area contributed by atoms with Gasteiger partial charge in [0.15, 0.2) is 21.5 Å². The van der Waals surface area contributed by atoms with Crippen molar-refractivity contribution < 1.29 is 35.8 Å². The van der Waals surface area contributed by atoms with Crippen molar-refractivity contribution in [1.29, 1.82) is 0 Å². The molecule has 43 heteroatoms. The number of carbonyl (C=O) groups is 1. The normalized spacial score (nSPS) is 13.3. The first kappa shape index (κ1) is 79.6. The molecule has 4 aromatic heterocycles. The van der Waals surface area contributed by atoms with Crippen molar-refractivity contribution in [3.8, 4) is 11.5 Å². The number of hydrogen-bond donors (Lipinski definition) is 6. The molecule has 4 aromatic carbocycles. The van der Waals surface area contributed by atoms with Gasteiger partial charge in [0.2, 0.25) is 21.3 Å². The molecule has 2 fully saturated rings. The van der Waals surface area contributed by atoms with Crippen molar-refractivity contribution in [2.24, 2.45) is 0 Å². The van der Waals surface area contributed by atoms with Gasteiger partial charge < -0.3 is 53.8 Å². The van der Waals surface area contributed by atoms with Gasteiger partial charge in [0, 0.05) is 55.4 Å². The molecule has 7 N–H and O–H groups in total. The number of likely N-dealkylation sites (tertiary alicyclic amines) is 1. The van der Waals surface area contributed by atoms with E-state index in [0.717, 1.165) is 50.7 Å². The van der Waals surface area contributed by atoms with Gasteiger partial charge in [-0.25, -0.2) is 31.6 Å². The molecule has 0 spiro atoms. The fourth-order valence-electron chi connectivity index (χ4n) is 11.0. The van der Waals surface area contributed by atoms with Crippen molar-refractivity contribution in [3.05, 3.63) is 130 Å². The van der Waals surface area contributed by atoms with Crippen molar-refractivity contribution in [2.45, 2.75) is 69.6 Å². The summed E-state index contributed by atoms with van der Waals surface area (Å²) in [6.07, 6.45) is 11.1. The smallest absolute Gasteiger partial charge is 0.410 e. The third-order valence-electron chi connectivity index (χ3n) is 15.6. The molecule has 2 aliphatic heterocycles. The highest BCUT2D eigenvalue weighted by Gasteiger charge is 2.36. The third-order valence-corrected chi connectivity index (χ3v) is 17.8. The molecule has 0 aliphatic carbocycles. The number of aromatic nitrogens is 8. The Morgan fingerprint density at radius 3 is 1.76 bits per heavy atom. The van der Waals surface area contributed by atoms with Crippen LogP contribution in [-0.4, -0.2) is 233 Å². The number of halogens is 3. The highest BCUT2D eigenvalue weighted by atomic mass is 35.5. The number of amides is 1. The van der Waals surface area contributed by atoms with Gasteiger partial charge in [-0.05, 0) is 235 Å². The Bertz CT molecular complexity index is 4300. The fraction of sp³-hybridized carbons (Fsp3) is 0.339. The lowest BCUT2D eigenvalue weighted by molar-refractivity contribution is 0.0204. The molecular formula is C56H64B15Cl3N15O8S2-. The molecule has 6 heterocycles. The van der Waals surface area contributed by atoms with E-state index in [0.29, 0.717) is 92.9 Å². The third kappa shape index (κ3) is 23.4. The van der Waals surface area contributed by atoms with Crippen molar-refractivity contribution in [3.63, 3.8) is 0 Å². The molecule has 99 heavy (non-hydrogen) atoms. The van der Waals surface area contributed by atoms with E-state index in [1.165, 1.54) is 55.4 Å². The molecule has 0 unspecified atom stereocenters. The number of benzene rings is 4. The number of methoxy groups -OCH3 is 2. The number of nitrogens with two attached hydrogens (primary N) is 1. The lowest BCUT2D eigenvalue weighted by Crippen LogP contribution is -2.73. The molecule has 2 aliphatic rings. The standard InChI is InChI=1S/C26H28ClN7O3S.C17H26N2O3.C13H10Cl2N6O2S.B15/c1-37-23-13-17(16-7-9-28-10-8-16)3-4-21(23)33-26-31-14-19(27)25(34-26)32-20-5-6-22-24(30-12-11-29-22)18(20)15-38(2,35)36;1-17(2,3)22-16(20)19-9-7-12(8-10-19)13-5-6-14(18)15(11-13)21-4;1-24(22,23)21-11-9(3-2-8-10(11)17-5-4-16-8)19-12-7(14)6-18-13(15)20-12;1-9-13(8)15(12(6)7)14(10(2)3)11(4)5/h3-6,11-14,16,28H,7-10,15H2,1-2H3,(H2,31,32,33,34);5-6,11-12H,7-10,18H2,1-4H3;2-6,21H,1H3,(H,18,19,20);/q;;;-1. The number of hydrogen-bond acceptors (Lipinski definition) is 21. The summed E-state index contributed by atoms with van der Waals surface area (Å²) in [5.41, 5.74) is 12.8. The van der Waals surface area contributed by atoms with E-state index >= 15 is 0 Å². The summed E-state index contributed by atoms with van der Waals surface area (Å²) in [6, 6.07) is 18.9. The van der Waals surface area contributed by atoms with Crippen LogP contribution in [0.2, 0.25) is 15.3 Å². The Balaban J connectivity index is 0.000000197. The lowest BCUT2D eigenvalue weighted by Gasteiger charge is -2.38. The average Bonchev–Trinajstić information content (AvgIpc) is 0.799. The van der Waals surface area contributed by atoms with Gasteiger partial charge in [0.25, 0.3) is 0 Å². The molecule has 18 radical (unpaired) electrons. The number of piperidine rings is 2. The molecule has 0 bridgehead atoms. The van der Waals surface area contributed by atoms with Crippen LogP contribution in [-0.2, 0) is 30.4 Å². The van der Waals surface area contributed by atoms with E-state index < -0.39 is 63.8 Å². The number of nitrogens with zero attached hydrogens (tertiary/aromatic N) is 9. The van der Waals surface area contributed by atoms with E-state index in [2.05, 4.69) is 78.0 Å². The van der Waals surface area contributed by atoms with Gasteiger partial charge in [-0.2, -0.15) is 9.97 Å². The van der Waals surface area contributed by atoms with Gasteiger partial charge in [-0.1, -0.05) is 35.3 Å². The molecule has 1 amide bonds. The number of anilines is 8. The predicted molar refractivity (Wildman–Crippen MR) is 416 cm³/mol. The Labute approximate surface area is 608 Å². The number of sulfone groups is 1. The number of nitrogens with one attached hydrogen (secondary N) is 5. The molecule has 490 valence electrons. The fourth-order valence-corrected chi connectivity index (χ4v) is 12.8. The number of fused-ring (bicyclic) bond motifs is 2. The highest BCUT2D eigenvalue weighted by molar-refractivity contribution is 8.12. The molecule has 10 rings (SSSR count). The topological polar surface area (TPSA) is 306 Å². The summed E-state index contributed by atoms with van der Waals surface area (Å²) < 4.78 is 66.6. The summed E-state index contributed by atoms with van der Waals surface area (Å²) in [4.78, 5) is 47.5. The SMILES string of the molecule is COc1cc(C2CCN(C(=O)OC(C)(C)C)CC2)ccc1N.COc1cc(C2CCNCC2)ccc1Nc1ncc(Cl)c(Nc2ccc3nccnc3c2CS(C)(=O)=O)n1.CS(=O)(=O)Nc1c(Nc2nc(Cl)ncc2Cl)ccc2nccnc12.[B]B([B])B(B([B])[B])B(B([B])[B])B([B])[B][B-]. The maximum absolute atomic E-state index is 12.2. The lowest BCUT2D eigenvalue weighted by atomic mass is 8.46. The van der Waals surface area contributed by atoms with Crippen LogP contribution in [0.15, 0.2) is 97.8 Å². The zero-order valence-corrected chi connectivity index (χ0v) is 59.6. The first-order valence-electron chi connectivity index (χ1n) is 31.0. The van der Waals surface area contributed by atoms with Gasteiger partial charge >= 0.3 is 6.09 Å². The molecule has 23 nitrogen and oxygen atoms in total. The number of nitrogen functional groups attached to an aromatic ring is 1. The summed E-state index contributed by atoms with van der Waals surface area (Å²) in [5, 5.41) is 13.2. The second-order valence-electron chi connectivity index (χ2n) is 24.4. The van der Waals surface area contributed by atoms with E-state index in [1.54, 1.807) is 49.6 Å². The second kappa shape index (κ2) is 36.2. The Kier molecular flexibility index (Phi) is 29.2. The van der Waals surface area contributed by atoms with Gasteiger partial charge in [0.05, 0.1) is 77.9 Å². The summed E-state index contributed by atoms with van der Waals surface area (Å²) in [7, 11) is 42.1.